The average molecular weight is 114 g/mol. The van der Waals surface area contributed by atoms with Gasteiger partial charge in [-0.1, -0.05) is 0 Å². The van der Waals surface area contributed by atoms with Crippen LogP contribution in [0.25, 0.3) is 0 Å². The van der Waals surface area contributed by atoms with Gasteiger partial charge in [-0.25, -0.2) is 4.79 Å². The third-order valence-electron chi connectivity index (χ3n) is 0.463. The number of hydrogen-bond donors (Lipinski definition) is 0. The number of hydrogen-bond acceptors (Lipinski definition) is 3. The quantitative estimate of drug-likeness (QED) is 0.382. The highest BCUT2D eigenvalue weighted by Gasteiger charge is 1.95. The summed E-state index contributed by atoms with van der Waals surface area (Å²) in [6, 6.07) is 0. The Balaban J connectivity index is 3.06. The van der Waals surface area contributed by atoms with E-state index in [4.69, 9.17) is 7.85 Å². The van der Waals surface area contributed by atoms with Gasteiger partial charge in [0.2, 0.25) is 0 Å². The highest BCUT2D eigenvalue weighted by Crippen LogP contribution is 1.80. The predicted octanol–water partition coefficient (Wildman–Crippen LogP) is 0.285. The van der Waals surface area contributed by atoms with E-state index < -0.39 is 6.16 Å². The third kappa shape index (κ3) is 3.52. The molecule has 0 unspecified atom stereocenters. The zero-order valence-electron chi connectivity index (χ0n) is 4.72. The molecule has 0 aromatic carbocycles. The van der Waals surface area contributed by atoms with Crippen LogP contribution >= 0.6 is 0 Å². The fourth-order valence-electron chi connectivity index (χ4n) is 0.228. The summed E-state index contributed by atoms with van der Waals surface area (Å²) in [5, 5.41) is 0. The lowest BCUT2D eigenvalue weighted by Gasteiger charge is -1.98. The molecule has 2 radical (unpaired) electrons. The van der Waals surface area contributed by atoms with Crippen LogP contribution in [0.1, 0.15) is 6.92 Å². The maximum atomic E-state index is 10.1. The Bertz CT molecular complexity index is 65.7. The van der Waals surface area contributed by atoms with Crippen molar-refractivity contribution in [1.82, 2.24) is 0 Å². The summed E-state index contributed by atoms with van der Waals surface area (Å²) >= 11 is 0. The highest BCUT2D eigenvalue weighted by atomic mass is 16.7. The second-order valence-electron chi connectivity index (χ2n) is 0.994. The summed E-state index contributed by atoms with van der Waals surface area (Å²) in [7, 11) is 4.84. The van der Waals surface area contributed by atoms with Crippen LogP contribution in [0.3, 0.4) is 0 Å². The monoisotopic (exact) mass is 114 g/mol. The van der Waals surface area contributed by atoms with Crippen molar-refractivity contribution >= 4 is 14.0 Å². The lowest BCUT2D eigenvalue weighted by molar-refractivity contribution is 0.0719. The average Bonchev–Trinajstić information content (AvgIpc) is 1.68. The largest absolute Gasteiger partial charge is 0.507 e. The Morgan fingerprint density at radius 2 is 2.25 bits per heavy atom. The summed E-state index contributed by atoms with van der Waals surface area (Å²) in [6.45, 7) is 1.88. The Morgan fingerprint density at radius 1 is 1.62 bits per heavy atom. The van der Waals surface area contributed by atoms with E-state index in [2.05, 4.69) is 9.47 Å². The molecule has 4 heteroatoms. The van der Waals surface area contributed by atoms with E-state index in [1.165, 1.54) is 0 Å². The van der Waals surface area contributed by atoms with Crippen molar-refractivity contribution in [3.05, 3.63) is 0 Å². The molecule has 0 aromatic rings. The molecule has 0 N–H and O–H groups in total. The first-order chi connectivity index (χ1) is 3.81. The molecule has 0 aromatic heterocycles. The molecular weight excluding hydrogens is 107 g/mol. The molecule has 0 spiro atoms. The van der Waals surface area contributed by atoms with E-state index in [1.807, 2.05) is 0 Å². The zero-order chi connectivity index (χ0) is 6.41. The van der Waals surface area contributed by atoms with Gasteiger partial charge in [0, 0.05) is 0 Å². The van der Waals surface area contributed by atoms with Gasteiger partial charge in [-0.2, -0.15) is 0 Å². The summed E-state index contributed by atoms with van der Waals surface area (Å²) in [6.07, 6.45) is -0.713. The minimum atomic E-state index is -0.713. The van der Waals surface area contributed by atoms with Crippen molar-refractivity contribution in [2.24, 2.45) is 0 Å². The number of carbonyl (C=O) groups is 1. The van der Waals surface area contributed by atoms with E-state index in [9.17, 15) is 4.79 Å². The molecule has 0 bridgehead atoms. The van der Waals surface area contributed by atoms with Gasteiger partial charge in [-0.05, 0) is 6.92 Å². The molecule has 0 amide bonds. The van der Waals surface area contributed by atoms with Crippen LogP contribution in [0.5, 0.6) is 0 Å². The molecule has 0 aliphatic carbocycles. The van der Waals surface area contributed by atoms with Crippen LogP contribution in [0.15, 0.2) is 0 Å². The van der Waals surface area contributed by atoms with Crippen LogP contribution in [0, 0.1) is 0 Å². The van der Waals surface area contributed by atoms with Gasteiger partial charge in [0.05, 0.1) is 13.1 Å². The van der Waals surface area contributed by atoms with Gasteiger partial charge in [0.25, 0.3) is 0 Å². The highest BCUT2D eigenvalue weighted by molar-refractivity contribution is 6.08. The minimum Gasteiger partial charge on any atom is -0.445 e. The van der Waals surface area contributed by atoms with Gasteiger partial charge in [-0.15, -0.1) is 0 Å². The van der Waals surface area contributed by atoms with Gasteiger partial charge >= 0.3 is 6.16 Å². The standard InChI is InChI=1S/C4H7BO3/c1-2-7-4(6)8-3-5/h2-3H2,1H3. The van der Waals surface area contributed by atoms with Crippen LogP contribution in [-0.4, -0.2) is 27.1 Å². The van der Waals surface area contributed by atoms with Crippen molar-refractivity contribution in [3.8, 4) is 0 Å². The molecule has 0 heterocycles. The van der Waals surface area contributed by atoms with Crippen LogP contribution < -0.4 is 0 Å². The molecule has 0 fully saturated rings. The molecule has 8 heavy (non-hydrogen) atoms. The summed E-state index contributed by atoms with van der Waals surface area (Å²) < 4.78 is 8.54. The predicted molar refractivity (Wildman–Crippen MR) is 28.7 cm³/mol. The second kappa shape index (κ2) is 4.49. The number of rotatable bonds is 2. The van der Waals surface area contributed by atoms with Crippen molar-refractivity contribution < 1.29 is 14.3 Å². The minimum absolute atomic E-state index is 0.126. The van der Waals surface area contributed by atoms with Crippen LogP contribution in [-0.2, 0) is 9.47 Å². The first-order valence-electron chi connectivity index (χ1n) is 2.31. The van der Waals surface area contributed by atoms with Crippen molar-refractivity contribution in [1.29, 1.82) is 0 Å². The van der Waals surface area contributed by atoms with Crippen molar-refractivity contribution in [2.45, 2.75) is 6.92 Å². The zero-order valence-corrected chi connectivity index (χ0v) is 4.72. The van der Waals surface area contributed by atoms with E-state index in [0.717, 1.165) is 0 Å². The molecule has 0 rings (SSSR count). The maximum absolute atomic E-state index is 10.1. The molecule has 0 saturated carbocycles. The number of ether oxygens (including phenoxy) is 2. The van der Waals surface area contributed by atoms with E-state index in [-0.39, 0.29) is 6.51 Å². The van der Waals surface area contributed by atoms with Crippen molar-refractivity contribution in [2.75, 3.05) is 13.1 Å². The van der Waals surface area contributed by atoms with Gasteiger partial charge in [-0.3, -0.25) is 0 Å². The van der Waals surface area contributed by atoms with E-state index >= 15 is 0 Å². The molecule has 0 aliphatic heterocycles. The fraction of sp³-hybridized carbons (Fsp3) is 0.750. The van der Waals surface area contributed by atoms with Crippen molar-refractivity contribution in [3.63, 3.8) is 0 Å². The molecule has 3 nitrogen and oxygen atoms in total. The Labute approximate surface area is 49.4 Å². The SMILES string of the molecule is [B]COC(=O)OCC. The first kappa shape index (κ1) is 7.33. The molecule has 0 aliphatic rings. The normalized spacial score (nSPS) is 8.12. The van der Waals surface area contributed by atoms with Gasteiger partial charge in [0.15, 0.2) is 0 Å². The lowest BCUT2D eigenvalue weighted by atomic mass is 10.2. The molecule has 0 atom stereocenters. The molecular formula is C4H7BO3. The lowest BCUT2D eigenvalue weighted by Crippen LogP contribution is -2.07. The van der Waals surface area contributed by atoms with Gasteiger partial charge in [0.1, 0.15) is 7.85 Å². The first-order valence-corrected chi connectivity index (χ1v) is 2.31. The Hall–Kier alpha value is -0.665. The van der Waals surface area contributed by atoms with Crippen LogP contribution in [0.2, 0.25) is 0 Å². The fourth-order valence-corrected chi connectivity index (χ4v) is 0.228. The number of carbonyl (C=O) groups excluding carboxylic acids is 1. The van der Waals surface area contributed by atoms with Gasteiger partial charge < -0.3 is 9.47 Å². The summed E-state index contributed by atoms with van der Waals surface area (Å²) in [5.74, 6) is 0. The molecule has 0 saturated heterocycles. The summed E-state index contributed by atoms with van der Waals surface area (Å²) in [5.41, 5.74) is 0. The van der Waals surface area contributed by atoms with Crippen LogP contribution in [0.4, 0.5) is 4.79 Å². The second-order valence-corrected chi connectivity index (χ2v) is 0.994. The summed E-state index contributed by atoms with van der Waals surface area (Å²) in [4.78, 5) is 10.1. The Kier molecular flexibility index (Phi) is 4.12. The maximum Gasteiger partial charge on any atom is 0.507 e. The smallest absolute Gasteiger partial charge is 0.445 e. The molecule has 44 valence electrons. The third-order valence-corrected chi connectivity index (χ3v) is 0.463. The Morgan fingerprint density at radius 3 is 2.62 bits per heavy atom. The topological polar surface area (TPSA) is 35.5 Å². The van der Waals surface area contributed by atoms with E-state index in [1.54, 1.807) is 6.92 Å². The van der Waals surface area contributed by atoms with E-state index in [0.29, 0.717) is 6.61 Å².